The Morgan fingerprint density at radius 1 is 1.30 bits per heavy atom. The van der Waals surface area contributed by atoms with Crippen molar-refractivity contribution in [1.82, 2.24) is 10.2 Å². The van der Waals surface area contributed by atoms with E-state index < -0.39 is 0 Å². The Kier molecular flexibility index (Phi) is 6.31. The molecule has 0 amide bonds. The number of hydrogen-bond donors (Lipinski definition) is 1. The molecule has 2 fully saturated rings. The minimum Gasteiger partial charge on any atom is -0.381 e. The summed E-state index contributed by atoms with van der Waals surface area (Å²) in [5.74, 6) is 0.728. The maximum atomic E-state index is 5.76. The van der Waals surface area contributed by atoms with Gasteiger partial charge in [-0.2, -0.15) is 0 Å². The Bertz CT molecular complexity index is 274. The lowest BCUT2D eigenvalue weighted by molar-refractivity contribution is 0.0899. The van der Waals surface area contributed by atoms with Crippen LogP contribution < -0.4 is 5.32 Å². The highest BCUT2D eigenvalue weighted by atomic mass is 16.5. The molecule has 0 bridgehead atoms. The summed E-state index contributed by atoms with van der Waals surface area (Å²) < 4.78 is 5.76. The maximum Gasteiger partial charge on any atom is 0.0547 e. The van der Waals surface area contributed by atoms with E-state index in [1.165, 1.54) is 45.2 Å². The second-order valence-electron chi connectivity index (χ2n) is 7.50. The number of nitrogens with one attached hydrogen (secondary N) is 1. The van der Waals surface area contributed by atoms with Crippen molar-refractivity contribution < 1.29 is 4.74 Å². The molecule has 3 heteroatoms. The normalized spacial score (nSPS) is 32.7. The summed E-state index contributed by atoms with van der Waals surface area (Å²) in [7, 11) is 0. The second-order valence-corrected chi connectivity index (χ2v) is 7.50. The molecule has 2 atom stereocenters. The van der Waals surface area contributed by atoms with Gasteiger partial charge in [0.05, 0.1) is 6.61 Å². The lowest BCUT2D eigenvalue weighted by Crippen LogP contribution is -2.47. The molecule has 0 aromatic carbocycles. The van der Waals surface area contributed by atoms with Crippen LogP contribution in [0.1, 0.15) is 52.9 Å². The van der Waals surface area contributed by atoms with E-state index in [-0.39, 0.29) is 0 Å². The predicted molar refractivity (Wildman–Crippen MR) is 85.1 cm³/mol. The summed E-state index contributed by atoms with van der Waals surface area (Å²) in [6.45, 7) is 13.6. The molecule has 3 nitrogen and oxygen atoms in total. The summed E-state index contributed by atoms with van der Waals surface area (Å²) in [6.07, 6.45) is 6.79. The van der Waals surface area contributed by atoms with Crippen molar-refractivity contribution in [2.45, 2.75) is 58.9 Å². The summed E-state index contributed by atoms with van der Waals surface area (Å²) in [6, 6.07) is 0.750. The number of hydrogen-bond acceptors (Lipinski definition) is 3. The molecule has 2 unspecified atom stereocenters. The molecule has 0 saturated carbocycles. The van der Waals surface area contributed by atoms with Crippen LogP contribution in [0.3, 0.4) is 0 Å². The molecule has 1 N–H and O–H groups in total. The lowest BCUT2D eigenvalue weighted by atomic mass is 9.85. The van der Waals surface area contributed by atoms with Crippen LogP contribution in [0.25, 0.3) is 0 Å². The molecule has 2 rings (SSSR count). The minimum atomic E-state index is 0.355. The lowest BCUT2D eigenvalue weighted by Gasteiger charge is -2.37. The molecular weight excluding hydrogens is 248 g/mol. The average molecular weight is 282 g/mol. The first-order valence-corrected chi connectivity index (χ1v) is 8.64. The van der Waals surface area contributed by atoms with Crippen molar-refractivity contribution in [3.05, 3.63) is 0 Å². The van der Waals surface area contributed by atoms with E-state index in [2.05, 4.69) is 31.0 Å². The Morgan fingerprint density at radius 2 is 2.15 bits per heavy atom. The first kappa shape index (κ1) is 16.3. The Labute approximate surface area is 125 Å². The van der Waals surface area contributed by atoms with Gasteiger partial charge in [-0.1, -0.05) is 26.7 Å². The molecule has 0 radical (unpaired) electrons. The van der Waals surface area contributed by atoms with E-state index in [1.54, 1.807) is 0 Å². The van der Waals surface area contributed by atoms with Gasteiger partial charge in [0.15, 0.2) is 0 Å². The van der Waals surface area contributed by atoms with Crippen LogP contribution >= 0.6 is 0 Å². The monoisotopic (exact) mass is 282 g/mol. The van der Waals surface area contributed by atoms with Gasteiger partial charge in [-0.3, -0.25) is 4.90 Å². The molecule has 2 saturated heterocycles. The molecule has 0 aromatic rings. The van der Waals surface area contributed by atoms with Gasteiger partial charge in [-0.25, -0.2) is 0 Å². The van der Waals surface area contributed by atoms with Crippen LogP contribution in [0.4, 0.5) is 0 Å². The Balaban J connectivity index is 1.90. The predicted octanol–water partition coefficient (Wildman–Crippen LogP) is 2.90. The van der Waals surface area contributed by atoms with Gasteiger partial charge < -0.3 is 10.1 Å². The zero-order valence-corrected chi connectivity index (χ0v) is 13.8. The number of likely N-dealkylation sites (tertiary alicyclic amines) is 1. The summed E-state index contributed by atoms with van der Waals surface area (Å²) in [5.41, 5.74) is 0.355. The standard InChI is InChI=1S/C17H34N2O/c1-15(2)11-18-12-17(8-10-20-14-17)13-19-9-6-4-5-7-16(19)3/h15-16,18H,4-14H2,1-3H3. The van der Waals surface area contributed by atoms with Gasteiger partial charge in [0.25, 0.3) is 0 Å². The molecule has 118 valence electrons. The largest absolute Gasteiger partial charge is 0.381 e. The highest BCUT2D eigenvalue weighted by Gasteiger charge is 2.37. The van der Waals surface area contributed by atoms with Crippen LogP contribution in [-0.4, -0.2) is 50.3 Å². The topological polar surface area (TPSA) is 24.5 Å². The van der Waals surface area contributed by atoms with Crippen molar-refractivity contribution in [1.29, 1.82) is 0 Å². The SMILES string of the molecule is CC(C)CNCC1(CN2CCCCCC2C)CCOC1. The fraction of sp³-hybridized carbons (Fsp3) is 1.00. The van der Waals surface area contributed by atoms with Gasteiger partial charge in [0, 0.05) is 31.2 Å². The molecule has 0 aromatic heterocycles. The Hall–Kier alpha value is -0.120. The third kappa shape index (κ3) is 4.71. The van der Waals surface area contributed by atoms with Crippen molar-refractivity contribution in [2.75, 3.05) is 39.4 Å². The smallest absolute Gasteiger partial charge is 0.0547 e. The number of ether oxygens (including phenoxy) is 1. The number of rotatable bonds is 6. The molecule has 20 heavy (non-hydrogen) atoms. The quantitative estimate of drug-likeness (QED) is 0.811. The van der Waals surface area contributed by atoms with Crippen molar-refractivity contribution in [2.24, 2.45) is 11.3 Å². The molecule has 0 spiro atoms. The van der Waals surface area contributed by atoms with Crippen molar-refractivity contribution >= 4 is 0 Å². The van der Waals surface area contributed by atoms with E-state index in [9.17, 15) is 0 Å². The summed E-state index contributed by atoms with van der Waals surface area (Å²) >= 11 is 0. The summed E-state index contributed by atoms with van der Waals surface area (Å²) in [5, 5.41) is 3.68. The molecule has 2 aliphatic rings. The Morgan fingerprint density at radius 3 is 2.85 bits per heavy atom. The van der Waals surface area contributed by atoms with Crippen molar-refractivity contribution in [3.63, 3.8) is 0 Å². The van der Waals surface area contributed by atoms with E-state index in [1.807, 2.05) is 0 Å². The van der Waals surface area contributed by atoms with E-state index in [0.29, 0.717) is 5.41 Å². The van der Waals surface area contributed by atoms with Crippen LogP contribution in [0.2, 0.25) is 0 Å². The third-order valence-electron chi connectivity index (χ3n) is 4.97. The molecule has 0 aliphatic carbocycles. The van der Waals surface area contributed by atoms with Gasteiger partial charge in [0.2, 0.25) is 0 Å². The van der Waals surface area contributed by atoms with E-state index >= 15 is 0 Å². The van der Waals surface area contributed by atoms with E-state index in [4.69, 9.17) is 4.74 Å². The molecular formula is C17H34N2O. The fourth-order valence-electron chi connectivity index (χ4n) is 3.60. The zero-order chi connectivity index (χ0) is 14.4. The third-order valence-corrected chi connectivity index (χ3v) is 4.97. The maximum absolute atomic E-state index is 5.76. The fourth-order valence-corrected chi connectivity index (χ4v) is 3.60. The van der Waals surface area contributed by atoms with Crippen LogP contribution in [0.5, 0.6) is 0 Å². The second kappa shape index (κ2) is 7.77. The first-order chi connectivity index (χ1) is 9.61. The van der Waals surface area contributed by atoms with Gasteiger partial charge in [-0.15, -0.1) is 0 Å². The van der Waals surface area contributed by atoms with Crippen LogP contribution in [0, 0.1) is 11.3 Å². The molecule has 2 aliphatic heterocycles. The first-order valence-electron chi connectivity index (χ1n) is 8.64. The summed E-state index contributed by atoms with van der Waals surface area (Å²) in [4.78, 5) is 2.73. The van der Waals surface area contributed by atoms with Crippen LogP contribution in [-0.2, 0) is 4.74 Å². The van der Waals surface area contributed by atoms with Crippen LogP contribution in [0.15, 0.2) is 0 Å². The zero-order valence-electron chi connectivity index (χ0n) is 13.8. The minimum absolute atomic E-state index is 0.355. The molecule has 2 heterocycles. The number of nitrogens with zero attached hydrogens (tertiary/aromatic N) is 1. The van der Waals surface area contributed by atoms with Gasteiger partial charge in [0.1, 0.15) is 0 Å². The highest BCUT2D eigenvalue weighted by Crippen LogP contribution is 2.31. The average Bonchev–Trinajstić information content (AvgIpc) is 2.76. The highest BCUT2D eigenvalue weighted by molar-refractivity contribution is 4.90. The van der Waals surface area contributed by atoms with Gasteiger partial charge in [-0.05, 0) is 45.2 Å². The van der Waals surface area contributed by atoms with E-state index in [0.717, 1.165) is 38.3 Å². The van der Waals surface area contributed by atoms with Crippen molar-refractivity contribution in [3.8, 4) is 0 Å². The van der Waals surface area contributed by atoms with Gasteiger partial charge >= 0.3 is 0 Å².